The lowest BCUT2D eigenvalue weighted by Crippen LogP contribution is -2.50. The van der Waals surface area contributed by atoms with Gasteiger partial charge in [-0.2, -0.15) is 0 Å². The van der Waals surface area contributed by atoms with Gasteiger partial charge < -0.3 is 34.0 Å². The Balaban J connectivity index is 0.000000239. The third kappa shape index (κ3) is 11.5. The van der Waals surface area contributed by atoms with Crippen molar-refractivity contribution in [1.29, 1.82) is 0 Å². The Labute approximate surface area is 306 Å². The minimum absolute atomic E-state index is 0.108. The van der Waals surface area contributed by atoms with E-state index >= 15 is 0 Å². The predicted molar refractivity (Wildman–Crippen MR) is 201 cm³/mol. The van der Waals surface area contributed by atoms with Gasteiger partial charge >= 0.3 is 12.2 Å². The molecule has 0 radical (unpaired) electrons. The van der Waals surface area contributed by atoms with E-state index in [0.29, 0.717) is 63.5 Å². The fourth-order valence-corrected chi connectivity index (χ4v) is 6.10. The number of piperazine rings is 2. The number of nitro groups is 2. The fourth-order valence-electron chi connectivity index (χ4n) is 6.10. The SMILES string of the molecule is CC(C)(C)OC(=O)N1CCN(c2ccc([N+](=O)[O-])c(/C=C/N3CCCC3)c2)CC1.Cc1cc(N2CCN(C(=O)OC(C)(C)C)CC2)ccc1[N+](=O)[O-]. The number of ether oxygens (including phenoxy) is 2. The number of benzene rings is 2. The Morgan fingerprint density at radius 2 is 1.08 bits per heavy atom. The van der Waals surface area contributed by atoms with Crippen molar-refractivity contribution in [3.63, 3.8) is 0 Å². The zero-order valence-electron chi connectivity index (χ0n) is 31.5. The van der Waals surface area contributed by atoms with E-state index in [1.165, 1.54) is 6.07 Å². The van der Waals surface area contributed by atoms with E-state index in [1.807, 2.05) is 66.0 Å². The summed E-state index contributed by atoms with van der Waals surface area (Å²) in [6.07, 6.45) is 5.53. The lowest BCUT2D eigenvalue weighted by atomic mass is 10.1. The first-order valence-corrected chi connectivity index (χ1v) is 17.8. The first-order valence-electron chi connectivity index (χ1n) is 17.8. The van der Waals surface area contributed by atoms with E-state index < -0.39 is 11.2 Å². The van der Waals surface area contributed by atoms with E-state index in [-0.39, 0.29) is 33.4 Å². The van der Waals surface area contributed by atoms with Crippen LogP contribution in [0.5, 0.6) is 0 Å². The number of amides is 2. The molecule has 0 saturated carbocycles. The standard InChI is InChI=1S/C21H30N4O4.C16H23N3O4/c1-21(2,3)29-20(26)24-14-12-23(13-15-24)18-6-7-19(25(27)28)17(16-18)8-11-22-9-4-5-10-22;1-12-11-13(5-6-14(12)19(21)22)17-7-9-18(10-8-17)15(20)23-16(2,3)4/h6-8,11,16H,4-5,9-10,12-15H2,1-3H3;5-6,11H,7-10H2,1-4H3/b11-8+;. The molecule has 3 heterocycles. The van der Waals surface area contributed by atoms with Crippen LogP contribution in [-0.4, -0.2) is 113 Å². The summed E-state index contributed by atoms with van der Waals surface area (Å²) in [5, 5.41) is 22.3. The van der Waals surface area contributed by atoms with Crippen molar-refractivity contribution < 1.29 is 28.9 Å². The minimum atomic E-state index is -0.511. The molecule has 0 aliphatic carbocycles. The normalized spacial score (nSPS) is 16.8. The molecule has 3 saturated heterocycles. The molecule has 2 amide bonds. The second-order valence-corrected chi connectivity index (χ2v) is 15.2. The van der Waals surface area contributed by atoms with Gasteiger partial charge in [-0.3, -0.25) is 20.2 Å². The summed E-state index contributed by atoms with van der Waals surface area (Å²) in [5.41, 5.74) is 2.35. The molecule has 3 fully saturated rings. The van der Waals surface area contributed by atoms with Gasteiger partial charge in [0.15, 0.2) is 0 Å². The van der Waals surface area contributed by atoms with Gasteiger partial charge in [-0.05, 0) is 97.8 Å². The van der Waals surface area contributed by atoms with Crippen LogP contribution in [0.2, 0.25) is 0 Å². The zero-order chi connectivity index (χ0) is 38.2. The highest BCUT2D eigenvalue weighted by Gasteiger charge is 2.28. The summed E-state index contributed by atoms with van der Waals surface area (Å²) in [5.74, 6) is 0. The highest BCUT2D eigenvalue weighted by atomic mass is 16.6. The molecule has 284 valence electrons. The van der Waals surface area contributed by atoms with Gasteiger partial charge in [0.1, 0.15) is 11.2 Å². The smallest absolute Gasteiger partial charge is 0.410 e. The third-order valence-electron chi connectivity index (χ3n) is 8.78. The van der Waals surface area contributed by atoms with Crippen LogP contribution >= 0.6 is 0 Å². The Hall–Kier alpha value is -5.08. The summed E-state index contributed by atoms with van der Waals surface area (Å²) < 4.78 is 10.8. The molecule has 0 atom stereocenters. The summed E-state index contributed by atoms with van der Waals surface area (Å²) in [6, 6.07) is 10.3. The number of rotatable bonds is 6. The molecule has 5 rings (SSSR count). The minimum Gasteiger partial charge on any atom is -0.444 e. The Bertz CT molecular complexity index is 1610. The van der Waals surface area contributed by atoms with Crippen LogP contribution in [0.3, 0.4) is 0 Å². The van der Waals surface area contributed by atoms with Crippen molar-refractivity contribution >= 4 is 41.0 Å². The summed E-state index contributed by atoms with van der Waals surface area (Å²) >= 11 is 0. The molecule has 2 aromatic carbocycles. The van der Waals surface area contributed by atoms with Gasteiger partial charge in [0.25, 0.3) is 11.4 Å². The van der Waals surface area contributed by atoms with E-state index in [1.54, 1.807) is 34.9 Å². The maximum atomic E-state index is 12.2. The molecule has 3 aliphatic rings. The number of likely N-dealkylation sites (tertiary alicyclic amines) is 1. The number of carbonyl (C=O) groups is 2. The molecule has 15 heteroatoms. The summed E-state index contributed by atoms with van der Waals surface area (Å²) in [6.45, 7) is 19.8. The average molecular weight is 724 g/mol. The third-order valence-corrected chi connectivity index (χ3v) is 8.78. The molecule has 0 bridgehead atoms. The van der Waals surface area contributed by atoms with Crippen molar-refractivity contribution in [3.8, 4) is 0 Å². The van der Waals surface area contributed by atoms with Crippen LogP contribution in [0.25, 0.3) is 6.08 Å². The summed E-state index contributed by atoms with van der Waals surface area (Å²) in [4.78, 5) is 55.7. The number of hydrogen-bond acceptors (Lipinski definition) is 11. The number of nitrogens with zero attached hydrogens (tertiary/aromatic N) is 7. The molecular formula is C37H53N7O8. The zero-order valence-corrected chi connectivity index (χ0v) is 31.5. The van der Waals surface area contributed by atoms with E-state index in [4.69, 9.17) is 9.47 Å². The Morgan fingerprint density at radius 3 is 1.48 bits per heavy atom. The van der Waals surface area contributed by atoms with Crippen molar-refractivity contribution in [3.05, 3.63) is 74.0 Å². The number of nitro benzene ring substituents is 2. The van der Waals surface area contributed by atoms with Crippen molar-refractivity contribution in [1.82, 2.24) is 14.7 Å². The van der Waals surface area contributed by atoms with E-state index in [2.05, 4.69) is 14.7 Å². The van der Waals surface area contributed by atoms with Crippen molar-refractivity contribution in [2.75, 3.05) is 75.2 Å². The average Bonchev–Trinajstić information content (AvgIpc) is 3.60. The molecule has 52 heavy (non-hydrogen) atoms. The largest absolute Gasteiger partial charge is 0.444 e. The first kappa shape index (κ1) is 39.7. The van der Waals surface area contributed by atoms with Gasteiger partial charge in [0.2, 0.25) is 0 Å². The van der Waals surface area contributed by atoms with Crippen molar-refractivity contribution in [2.24, 2.45) is 0 Å². The second kappa shape index (κ2) is 17.0. The lowest BCUT2D eigenvalue weighted by Gasteiger charge is -2.36. The fraction of sp³-hybridized carbons (Fsp3) is 0.568. The molecule has 0 aromatic heterocycles. The lowest BCUT2D eigenvalue weighted by molar-refractivity contribution is -0.385. The molecule has 0 N–H and O–H groups in total. The molecule has 2 aromatic rings. The van der Waals surface area contributed by atoms with E-state index in [9.17, 15) is 29.8 Å². The van der Waals surface area contributed by atoms with Crippen LogP contribution < -0.4 is 9.80 Å². The number of aryl methyl sites for hydroxylation is 1. The highest BCUT2D eigenvalue weighted by molar-refractivity contribution is 5.70. The molecule has 0 unspecified atom stereocenters. The van der Waals surface area contributed by atoms with Crippen molar-refractivity contribution in [2.45, 2.75) is 72.5 Å². The first-order chi connectivity index (χ1) is 24.4. The van der Waals surface area contributed by atoms with Crippen LogP contribution in [0, 0.1) is 27.2 Å². The predicted octanol–water partition coefficient (Wildman–Crippen LogP) is 6.68. The maximum absolute atomic E-state index is 12.2. The van der Waals surface area contributed by atoms with E-state index in [0.717, 1.165) is 37.3 Å². The van der Waals surface area contributed by atoms with Crippen LogP contribution in [0.1, 0.15) is 65.5 Å². The Kier molecular flexibility index (Phi) is 12.9. The monoisotopic (exact) mass is 723 g/mol. The molecular weight excluding hydrogens is 670 g/mol. The van der Waals surface area contributed by atoms with Gasteiger partial charge in [0, 0.05) is 94.5 Å². The van der Waals surface area contributed by atoms with Gasteiger partial charge in [0.05, 0.1) is 15.4 Å². The second-order valence-electron chi connectivity index (χ2n) is 15.2. The number of hydrogen-bond donors (Lipinski definition) is 0. The summed E-state index contributed by atoms with van der Waals surface area (Å²) in [7, 11) is 0. The van der Waals surface area contributed by atoms with Crippen LogP contribution in [-0.2, 0) is 9.47 Å². The molecule has 15 nitrogen and oxygen atoms in total. The van der Waals surface area contributed by atoms with Crippen LogP contribution in [0.15, 0.2) is 42.6 Å². The quantitative estimate of drug-likeness (QED) is 0.232. The topological polar surface area (TPSA) is 155 Å². The van der Waals surface area contributed by atoms with Gasteiger partial charge in [-0.1, -0.05) is 0 Å². The Morgan fingerprint density at radius 1 is 0.654 bits per heavy atom. The molecule has 0 spiro atoms. The highest BCUT2D eigenvalue weighted by Crippen LogP contribution is 2.28. The van der Waals surface area contributed by atoms with Gasteiger partial charge in [-0.25, -0.2) is 9.59 Å². The number of anilines is 2. The van der Waals surface area contributed by atoms with Crippen LogP contribution in [0.4, 0.5) is 32.3 Å². The van der Waals surface area contributed by atoms with Gasteiger partial charge in [-0.15, -0.1) is 0 Å². The maximum Gasteiger partial charge on any atom is 0.410 e. The molecule has 3 aliphatic heterocycles. The number of carbonyl (C=O) groups excluding carboxylic acids is 2.